The van der Waals surface area contributed by atoms with Gasteiger partial charge in [0.1, 0.15) is 0 Å². The van der Waals surface area contributed by atoms with E-state index < -0.39 is 11.9 Å². The molecule has 1 heterocycles. The smallest absolute Gasteiger partial charge is 0.414 e. The second kappa shape index (κ2) is 6.91. The van der Waals surface area contributed by atoms with E-state index in [0.717, 1.165) is 17.1 Å². The Morgan fingerprint density at radius 2 is 1.81 bits per heavy atom. The van der Waals surface area contributed by atoms with Crippen LogP contribution in [0.25, 0.3) is 0 Å². The van der Waals surface area contributed by atoms with Gasteiger partial charge in [0, 0.05) is 11.3 Å². The second-order valence-electron chi connectivity index (χ2n) is 2.90. The summed E-state index contributed by atoms with van der Waals surface area (Å²) in [6.07, 6.45) is 0.916. The minimum absolute atomic E-state index is 0.701. The summed E-state index contributed by atoms with van der Waals surface area (Å²) in [7, 11) is 0. The molecular formula is C9H14N2O4S. The van der Waals surface area contributed by atoms with Crippen molar-refractivity contribution in [3.05, 3.63) is 15.6 Å². The highest BCUT2D eigenvalue weighted by Crippen LogP contribution is 2.15. The third-order valence-electron chi connectivity index (χ3n) is 1.61. The zero-order valence-corrected chi connectivity index (χ0v) is 9.87. The normalized spacial score (nSPS) is 9.19. The number of hydrogen-bond acceptors (Lipinski definition) is 5. The van der Waals surface area contributed by atoms with E-state index in [2.05, 4.69) is 11.9 Å². The second-order valence-corrected chi connectivity index (χ2v) is 4.19. The summed E-state index contributed by atoms with van der Waals surface area (Å²) >= 11 is 1.75. The van der Waals surface area contributed by atoms with Gasteiger partial charge >= 0.3 is 11.9 Å². The lowest BCUT2D eigenvalue weighted by atomic mass is 10.4. The number of thiazole rings is 1. The van der Waals surface area contributed by atoms with E-state index in [9.17, 15) is 0 Å². The number of rotatable bonds is 2. The van der Waals surface area contributed by atoms with Crippen molar-refractivity contribution in [3.8, 4) is 0 Å². The molecule has 16 heavy (non-hydrogen) atoms. The molecule has 0 aliphatic rings. The van der Waals surface area contributed by atoms with Crippen LogP contribution >= 0.6 is 11.3 Å². The molecule has 0 aromatic carbocycles. The summed E-state index contributed by atoms with van der Waals surface area (Å²) < 4.78 is 0. The van der Waals surface area contributed by atoms with Gasteiger partial charge in [-0.05, 0) is 20.4 Å². The van der Waals surface area contributed by atoms with Crippen LogP contribution < -0.4 is 5.73 Å². The van der Waals surface area contributed by atoms with Gasteiger partial charge in [-0.15, -0.1) is 11.3 Å². The maximum atomic E-state index is 9.10. The van der Waals surface area contributed by atoms with E-state index in [1.807, 2.05) is 6.92 Å². The highest BCUT2D eigenvalue weighted by Gasteiger charge is 2.04. The fourth-order valence-corrected chi connectivity index (χ4v) is 1.72. The topological polar surface area (TPSA) is 114 Å². The van der Waals surface area contributed by atoms with Gasteiger partial charge in [-0.2, -0.15) is 0 Å². The largest absolute Gasteiger partial charge is 0.473 e. The summed E-state index contributed by atoms with van der Waals surface area (Å²) in [5, 5.41) is 15.9. The lowest BCUT2D eigenvalue weighted by Crippen LogP contribution is -2.09. The molecule has 0 amide bonds. The van der Waals surface area contributed by atoms with Crippen LogP contribution in [0.15, 0.2) is 0 Å². The number of aromatic nitrogens is 1. The third kappa shape index (κ3) is 5.42. The molecule has 0 spiro atoms. The van der Waals surface area contributed by atoms with Gasteiger partial charge in [0.05, 0.1) is 10.7 Å². The Morgan fingerprint density at radius 3 is 2.06 bits per heavy atom. The van der Waals surface area contributed by atoms with Crippen molar-refractivity contribution in [2.45, 2.75) is 20.3 Å². The quantitative estimate of drug-likeness (QED) is 0.651. The van der Waals surface area contributed by atoms with Gasteiger partial charge < -0.3 is 15.9 Å². The zero-order valence-electron chi connectivity index (χ0n) is 9.06. The average molecular weight is 246 g/mol. The molecule has 0 unspecified atom stereocenters. The molecule has 0 fully saturated rings. The summed E-state index contributed by atoms with van der Waals surface area (Å²) in [5.74, 6) is -3.65. The predicted octanol–water partition coefficient (Wildman–Crippen LogP) is 0.417. The molecule has 90 valence electrons. The molecule has 0 aliphatic heterocycles. The summed E-state index contributed by atoms with van der Waals surface area (Å²) in [6.45, 7) is 4.82. The van der Waals surface area contributed by atoms with E-state index in [1.165, 1.54) is 4.88 Å². The first-order chi connectivity index (χ1) is 7.38. The summed E-state index contributed by atoms with van der Waals surface area (Å²) in [5.41, 5.74) is 6.53. The monoisotopic (exact) mass is 246 g/mol. The summed E-state index contributed by atoms with van der Waals surface area (Å²) in [4.78, 5) is 23.8. The van der Waals surface area contributed by atoms with Crippen molar-refractivity contribution in [2.24, 2.45) is 5.73 Å². The van der Waals surface area contributed by atoms with Crippen molar-refractivity contribution in [2.75, 3.05) is 6.54 Å². The van der Waals surface area contributed by atoms with E-state index in [-0.39, 0.29) is 0 Å². The van der Waals surface area contributed by atoms with E-state index >= 15 is 0 Å². The Kier molecular flexibility index (Phi) is 6.28. The first kappa shape index (κ1) is 14.5. The number of carbonyl (C=O) groups is 2. The molecule has 6 nitrogen and oxygen atoms in total. The predicted molar refractivity (Wildman–Crippen MR) is 59.6 cm³/mol. The van der Waals surface area contributed by atoms with Crippen LogP contribution in [-0.4, -0.2) is 33.7 Å². The third-order valence-corrected chi connectivity index (χ3v) is 2.75. The molecule has 4 N–H and O–H groups in total. The Morgan fingerprint density at radius 1 is 1.31 bits per heavy atom. The van der Waals surface area contributed by atoms with Crippen molar-refractivity contribution in [3.63, 3.8) is 0 Å². The molecule has 0 saturated heterocycles. The van der Waals surface area contributed by atoms with Crippen molar-refractivity contribution in [1.29, 1.82) is 0 Å². The first-order valence-electron chi connectivity index (χ1n) is 4.47. The minimum atomic E-state index is -1.82. The average Bonchev–Trinajstić information content (AvgIpc) is 2.47. The zero-order chi connectivity index (χ0) is 12.7. The van der Waals surface area contributed by atoms with E-state index in [0.29, 0.717) is 6.54 Å². The number of nitrogens with two attached hydrogens (primary N) is 1. The molecule has 1 rings (SSSR count). The van der Waals surface area contributed by atoms with Crippen molar-refractivity contribution < 1.29 is 19.8 Å². The number of nitrogens with zero attached hydrogens (tertiary/aromatic N) is 1. The van der Waals surface area contributed by atoms with Crippen LogP contribution in [0, 0.1) is 13.8 Å². The first-order valence-corrected chi connectivity index (χ1v) is 5.29. The standard InChI is InChI=1S/C7H12N2S.C2H2O4/c1-5-6(2)10-7(9-5)3-4-8;3-1(4)2(5)6/h3-4,8H2,1-2H3;(H,3,4)(H,5,6). The fourth-order valence-electron chi connectivity index (χ4n) is 0.770. The maximum absolute atomic E-state index is 9.10. The fraction of sp³-hybridized carbons (Fsp3) is 0.444. The van der Waals surface area contributed by atoms with Crippen LogP contribution in [0.2, 0.25) is 0 Å². The SMILES string of the molecule is Cc1nc(CCN)sc1C.O=C(O)C(=O)O. The Labute approximate surface area is 96.7 Å². The number of aryl methyl sites for hydroxylation is 2. The molecular weight excluding hydrogens is 232 g/mol. The van der Waals surface area contributed by atoms with Gasteiger partial charge in [-0.1, -0.05) is 0 Å². The van der Waals surface area contributed by atoms with Crippen LogP contribution in [0.1, 0.15) is 15.6 Å². The van der Waals surface area contributed by atoms with Gasteiger partial charge in [0.2, 0.25) is 0 Å². The maximum Gasteiger partial charge on any atom is 0.414 e. The van der Waals surface area contributed by atoms with Gasteiger partial charge in [-0.3, -0.25) is 0 Å². The number of carboxylic acids is 2. The molecule has 0 saturated carbocycles. The molecule has 7 heteroatoms. The molecule has 0 bridgehead atoms. The Balaban J connectivity index is 0.000000325. The van der Waals surface area contributed by atoms with Crippen LogP contribution in [0.3, 0.4) is 0 Å². The number of carboxylic acid groups (broad SMARTS) is 2. The molecule has 1 aromatic rings. The lowest BCUT2D eigenvalue weighted by Gasteiger charge is -1.85. The van der Waals surface area contributed by atoms with Crippen molar-refractivity contribution >= 4 is 23.3 Å². The Bertz CT molecular complexity index is 344. The highest BCUT2D eigenvalue weighted by molar-refractivity contribution is 7.11. The van der Waals surface area contributed by atoms with Crippen LogP contribution in [-0.2, 0) is 16.0 Å². The van der Waals surface area contributed by atoms with E-state index in [1.54, 1.807) is 11.3 Å². The van der Waals surface area contributed by atoms with Crippen molar-refractivity contribution in [1.82, 2.24) is 4.98 Å². The minimum Gasteiger partial charge on any atom is -0.473 e. The molecule has 0 radical (unpaired) electrons. The van der Waals surface area contributed by atoms with Gasteiger partial charge in [-0.25, -0.2) is 14.6 Å². The van der Waals surface area contributed by atoms with Gasteiger partial charge in [0.15, 0.2) is 0 Å². The Hall–Kier alpha value is -1.47. The van der Waals surface area contributed by atoms with Crippen LogP contribution in [0.5, 0.6) is 0 Å². The lowest BCUT2D eigenvalue weighted by molar-refractivity contribution is -0.159. The number of aliphatic carboxylic acids is 2. The van der Waals surface area contributed by atoms with Gasteiger partial charge in [0.25, 0.3) is 0 Å². The molecule has 1 aromatic heterocycles. The molecule has 0 aliphatic carbocycles. The van der Waals surface area contributed by atoms with Crippen LogP contribution in [0.4, 0.5) is 0 Å². The molecule has 0 atom stereocenters. The summed E-state index contributed by atoms with van der Waals surface area (Å²) in [6, 6.07) is 0. The highest BCUT2D eigenvalue weighted by atomic mass is 32.1. The van der Waals surface area contributed by atoms with E-state index in [4.69, 9.17) is 25.5 Å². The number of hydrogen-bond donors (Lipinski definition) is 3.